The molecule has 1 saturated carbocycles. The molecular weight excluding hydrogens is 208 g/mol. The molecule has 0 bridgehead atoms. The maximum Gasteiger partial charge on any atom is 0.309 e. The van der Waals surface area contributed by atoms with Gasteiger partial charge in [0, 0.05) is 0 Å². The van der Waals surface area contributed by atoms with Crippen LogP contribution in [0.1, 0.15) is 27.7 Å². The molecule has 0 amide bonds. The SMILES string of the molecule is COC(=O)[C@@H]1[C@H](CSCC(C)C)C1(C)C. The Balaban J connectivity index is 2.35. The van der Waals surface area contributed by atoms with Crippen molar-refractivity contribution in [2.75, 3.05) is 18.6 Å². The minimum absolute atomic E-state index is 0.0323. The van der Waals surface area contributed by atoms with Gasteiger partial charge >= 0.3 is 5.97 Å². The number of hydrogen-bond acceptors (Lipinski definition) is 3. The zero-order valence-electron chi connectivity index (χ0n) is 10.4. The molecule has 1 aliphatic rings. The van der Waals surface area contributed by atoms with Crippen molar-refractivity contribution in [3.05, 3.63) is 0 Å². The van der Waals surface area contributed by atoms with Crippen LogP contribution in [0, 0.1) is 23.2 Å². The van der Waals surface area contributed by atoms with E-state index in [-0.39, 0.29) is 17.3 Å². The molecule has 88 valence electrons. The number of esters is 1. The van der Waals surface area contributed by atoms with Gasteiger partial charge in [0.1, 0.15) is 0 Å². The Labute approximate surface area is 97.1 Å². The molecule has 2 nitrogen and oxygen atoms in total. The van der Waals surface area contributed by atoms with Crippen molar-refractivity contribution in [3.8, 4) is 0 Å². The van der Waals surface area contributed by atoms with E-state index in [4.69, 9.17) is 4.74 Å². The van der Waals surface area contributed by atoms with E-state index in [9.17, 15) is 4.79 Å². The highest BCUT2D eigenvalue weighted by molar-refractivity contribution is 7.99. The van der Waals surface area contributed by atoms with E-state index in [1.54, 1.807) is 0 Å². The number of carbonyl (C=O) groups excluding carboxylic acids is 1. The zero-order chi connectivity index (χ0) is 11.6. The summed E-state index contributed by atoms with van der Waals surface area (Å²) in [6, 6.07) is 0. The standard InChI is InChI=1S/C12H22O2S/c1-8(2)6-15-7-9-10(11(13)14-5)12(9,3)4/h8-10H,6-7H2,1-5H3/t9-,10-/m0/s1. The molecule has 0 aromatic heterocycles. The normalized spacial score (nSPS) is 27.9. The maximum absolute atomic E-state index is 11.5. The van der Waals surface area contributed by atoms with Gasteiger partial charge in [-0.05, 0) is 28.8 Å². The van der Waals surface area contributed by atoms with Crippen LogP contribution in [0.4, 0.5) is 0 Å². The molecule has 0 spiro atoms. The van der Waals surface area contributed by atoms with Gasteiger partial charge in [0.25, 0.3) is 0 Å². The number of methoxy groups -OCH3 is 1. The van der Waals surface area contributed by atoms with Crippen molar-refractivity contribution >= 4 is 17.7 Å². The first kappa shape index (κ1) is 12.9. The van der Waals surface area contributed by atoms with Crippen LogP contribution in [0.15, 0.2) is 0 Å². The van der Waals surface area contributed by atoms with E-state index >= 15 is 0 Å². The van der Waals surface area contributed by atoms with Crippen molar-refractivity contribution < 1.29 is 9.53 Å². The third-order valence-corrected chi connectivity index (χ3v) is 4.75. The fraction of sp³-hybridized carbons (Fsp3) is 0.917. The Hall–Kier alpha value is -0.180. The predicted octanol–water partition coefficient (Wildman–Crippen LogP) is 2.82. The average Bonchev–Trinajstić information content (AvgIpc) is 2.67. The molecule has 0 N–H and O–H groups in total. The summed E-state index contributed by atoms with van der Waals surface area (Å²) in [5.74, 6) is 3.60. The predicted molar refractivity (Wildman–Crippen MR) is 64.9 cm³/mol. The first-order chi connectivity index (χ1) is 6.91. The second-order valence-electron chi connectivity index (χ2n) is 5.36. The summed E-state index contributed by atoms with van der Waals surface area (Å²) in [7, 11) is 1.48. The first-order valence-corrected chi connectivity index (χ1v) is 6.72. The van der Waals surface area contributed by atoms with Crippen LogP contribution in [-0.2, 0) is 9.53 Å². The van der Waals surface area contributed by atoms with Crippen molar-refractivity contribution in [3.63, 3.8) is 0 Å². The van der Waals surface area contributed by atoms with Gasteiger partial charge in [0.15, 0.2) is 0 Å². The first-order valence-electron chi connectivity index (χ1n) is 5.56. The van der Waals surface area contributed by atoms with Crippen molar-refractivity contribution in [1.82, 2.24) is 0 Å². The molecule has 0 aliphatic heterocycles. The average molecular weight is 230 g/mol. The molecule has 3 heteroatoms. The van der Waals surface area contributed by atoms with Crippen LogP contribution >= 0.6 is 11.8 Å². The Morgan fingerprint density at radius 3 is 2.53 bits per heavy atom. The fourth-order valence-electron chi connectivity index (χ4n) is 2.08. The van der Waals surface area contributed by atoms with E-state index in [0.29, 0.717) is 5.92 Å². The van der Waals surface area contributed by atoms with E-state index in [1.807, 2.05) is 11.8 Å². The second kappa shape index (κ2) is 4.77. The second-order valence-corrected chi connectivity index (χ2v) is 6.43. The molecule has 1 rings (SSSR count). The number of thioether (sulfide) groups is 1. The highest BCUT2D eigenvalue weighted by Crippen LogP contribution is 2.59. The van der Waals surface area contributed by atoms with E-state index in [1.165, 1.54) is 12.9 Å². The molecule has 2 atom stereocenters. The van der Waals surface area contributed by atoms with Gasteiger partial charge in [0.2, 0.25) is 0 Å². The number of rotatable bonds is 5. The highest BCUT2D eigenvalue weighted by Gasteiger charge is 2.61. The largest absolute Gasteiger partial charge is 0.469 e. The van der Waals surface area contributed by atoms with Gasteiger partial charge in [0.05, 0.1) is 13.0 Å². The van der Waals surface area contributed by atoms with Crippen LogP contribution in [0.25, 0.3) is 0 Å². The summed E-state index contributed by atoms with van der Waals surface area (Å²) in [5, 5.41) is 0. The Morgan fingerprint density at radius 1 is 1.47 bits per heavy atom. The lowest BCUT2D eigenvalue weighted by atomic mass is 10.1. The Kier molecular flexibility index (Phi) is 4.10. The molecule has 15 heavy (non-hydrogen) atoms. The summed E-state index contributed by atoms with van der Waals surface area (Å²) in [4.78, 5) is 11.5. The number of hydrogen-bond donors (Lipinski definition) is 0. The van der Waals surface area contributed by atoms with Crippen molar-refractivity contribution in [1.29, 1.82) is 0 Å². The van der Waals surface area contributed by atoms with Gasteiger partial charge in [-0.3, -0.25) is 4.79 Å². The van der Waals surface area contributed by atoms with E-state index < -0.39 is 0 Å². The smallest absolute Gasteiger partial charge is 0.309 e. The van der Waals surface area contributed by atoms with Crippen molar-refractivity contribution in [2.45, 2.75) is 27.7 Å². The van der Waals surface area contributed by atoms with Gasteiger partial charge in [-0.1, -0.05) is 27.7 Å². The van der Waals surface area contributed by atoms with Gasteiger partial charge in [-0.25, -0.2) is 0 Å². The fourth-order valence-corrected chi connectivity index (χ4v) is 3.56. The third kappa shape index (κ3) is 2.90. The van der Waals surface area contributed by atoms with Gasteiger partial charge in [-0.2, -0.15) is 11.8 Å². The van der Waals surface area contributed by atoms with E-state index in [0.717, 1.165) is 11.7 Å². The van der Waals surface area contributed by atoms with Gasteiger partial charge in [-0.15, -0.1) is 0 Å². The molecule has 0 heterocycles. The summed E-state index contributed by atoms with van der Waals surface area (Å²) < 4.78 is 4.82. The quantitative estimate of drug-likeness (QED) is 0.679. The lowest BCUT2D eigenvalue weighted by molar-refractivity contribution is -0.143. The summed E-state index contributed by atoms with van der Waals surface area (Å²) in [6.07, 6.45) is 0. The summed E-state index contributed by atoms with van der Waals surface area (Å²) in [6.45, 7) is 8.77. The maximum atomic E-state index is 11.5. The number of carbonyl (C=O) groups is 1. The minimum atomic E-state index is -0.0323. The third-order valence-electron chi connectivity index (χ3n) is 3.25. The molecule has 0 unspecified atom stereocenters. The van der Waals surface area contributed by atoms with Crippen LogP contribution in [0.2, 0.25) is 0 Å². The Morgan fingerprint density at radius 2 is 2.07 bits per heavy atom. The van der Waals surface area contributed by atoms with Crippen LogP contribution in [0.3, 0.4) is 0 Å². The summed E-state index contributed by atoms with van der Waals surface area (Å²) in [5.41, 5.74) is 0.150. The minimum Gasteiger partial charge on any atom is -0.469 e. The lowest BCUT2D eigenvalue weighted by Gasteiger charge is -2.04. The Bertz CT molecular complexity index is 236. The molecule has 0 radical (unpaired) electrons. The lowest BCUT2D eigenvalue weighted by Crippen LogP contribution is -2.07. The topological polar surface area (TPSA) is 26.3 Å². The molecule has 0 aromatic rings. The molecule has 1 aliphatic carbocycles. The zero-order valence-corrected chi connectivity index (χ0v) is 11.2. The van der Waals surface area contributed by atoms with E-state index in [2.05, 4.69) is 27.7 Å². The highest BCUT2D eigenvalue weighted by atomic mass is 32.2. The van der Waals surface area contributed by atoms with Crippen LogP contribution in [0.5, 0.6) is 0 Å². The van der Waals surface area contributed by atoms with Crippen LogP contribution < -0.4 is 0 Å². The van der Waals surface area contributed by atoms with Crippen LogP contribution in [-0.4, -0.2) is 24.6 Å². The van der Waals surface area contributed by atoms with Gasteiger partial charge < -0.3 is 4.74 Å². The molecular formula is C12H22O2S. The molecule has 1 fully saturated rings. The molecule has 0 aromatic carbocycles. The molecule has 0 saturated heterocycles. The monoisotopic (exact) mass is 230 g/mol. The summed E-state index contributed by atoms with van der Waals surface area (Å²) >= 11 is 1.96. The number of ether oxygens (including phenoxy) is 1. The van der Waals surface area contributed by atoms with Crippen molar-refractivity contribution in [2.24, 2.45) is 23.2 Å².